The zero-order valence-corrected chi connectivity index (χ0v) is 9.99. The number of rotatable bonds is 5. The molecule has 5 heteroatoms. The largest absolute Gasteiger partial charge is 0.469 e. The lowest BCUT2D eigenvalue weighted by Gasteiger charge is -2.26. The molecule has 0 aliphatic heterocycles. The van der Waals surface area contributed by atoms with Crippen LogP contribution in [0.5, 0.6) is 0 Å². The number of carbonyl (C=O) groups excluding carboxylic acids is 2. The molecule has 0 heterocycles. The Hall–Kier alpha value is -1.10. The molecule has 0 saturated heterocycles. The zero-order chi connectivity index (χ0) is 12.1. The summed E-state index contributed by atoms with van der Waals surface area (Å²) in [4.78, 5) is 24.1. The maximum atomic E-state index is 11.4. The van der Waals surface area contributed by atoms with E-state index in [0.29, 0.717) is 6.54 Å². The van der Waals surface area contributed by atoms with Gasteiger partial charge in [-0.05, 0) is 20.9 Å². The molecule has 0 radical (unpaired) electrons. The van der Waals surface area contributed by atoms with Gasteiger partial charge in [-0.1, -0.05) is 0 Å². The molecule has 0 aliphatic rings. The quantitative estimate of drug-likeness (QED) is 0.619. The highest BCUT2D eigenvalue weighted by atomic mass is 16.5. The average Bonchev–Trinajstić information content (AvgIpc) is 2.15. The lowest BCUT2D eigenvalue weighted by molar-refractivity contribution is -0.153. The molecule has 0 aromatic rings. The first-order chi connectivity index (χ1) is 6.83. The number of likely N-dealkylation sites (N-methyl/N-ethyl adjacent to an activating group) is 1. The Morgan fingerprint density at radius 3 is 2.13 bits per heavy atom. The monoisotopic (exact) mass is 217 g/mol. The van der Waals surface area contributed by atoms with Crippen LogP contribution in [-0.2, 0) is 19.1 Å². The Morgan fingerprint density at radius 1 is 1.20 bits per heavy atom. The third-order valence-electron chi connectivity index (χ3n) is 2.03. The molecule has 15 heavy (non-hydrogen) atoms. The van der Waals surface area contributed by atoms with Crippen LogP contribution in [0.2, 0.25) is 0 Å². The molecule has 0 aliphatic carbocycles. The maximum Gasteiger partial charge on any atom is 0.319 e. The third-order valence-corrected chi connectivity index (χ3v) is 2.03. The average molecular weight is 217 g/mol. The van der Waals surface area contributed by atoms with Crippen LogP contribution in [0, 0.1) is 5.41 Å². The Bertz CT molecular complexity index is 238. The normalized spacial score (nSPS) is 11.3. The number of hydrogen-bond acceptors (Lipinski definition) is 5. The lowest BCUT2D eigenvalue weighted by atomic mass is 9.93. The van der Waals surface area contributed by atoms with Crippen LogP contribution in [0.15, 0.2) is 0 Å². The van der Waals surface area contributed by atoms with E-state index < -0.39 is 5.41 Å². The van der Waals surface area contributed by atoms with Crippen molar-refractivity contribution in [3.8, 4) is 0 Å². The summed E-state index contributed by atoms with van der Waals surface area (Å²) in [6, 6.07) is 0. The van der Waals surface area contributed by atoms with Crippen LogP contribution >= 0.6 is 0 Å². The van der Waals surface area contributed by atoms with Gasteiger partial charge in [-0.2, -0.15) is 0 Å². The molecule has 0 bridgehead atoms. The van der Waals surface area contributed by atoms with Crippen molar-refractivity contribution in [2.24, 2.45) is 5.41 Å². The van der Waals surface area contributed by atoms with Gasteiger partial charge in [-0.25, -0.2) is 0 Å². The second kappa shape index (κ2) is 5.70. The highest BCUT2D eigenvalue weighted by Gasteiger charge is 2.30. The van der Waals surface area contributed by atoms with Gasteiger partial charge in [0.25, 0.3) is 0 Å². The minimum Gasteiger partial charge on any atom is -0.469 e. The summed E-state index contributed by atoms with van der Waals surface area (Å²) in [5.41, 5.74) is -0.627. The first-order valence-electron chi connectivity index (χ1n) is 4.67. The number of esters is 2. The maximum absolute atomic E-state index is 11.4. The van der Waals surface area contributed by atoms with E-state index in [2.05, 4.69) is 9.47 Å². The predicted octanol–water partition coefficient (Wildman–Crippen LogP) is 0.290. The molecule has 0 rings (SSSR count). The number of carbonyl (C=O) groups is 2. The van der Waals surface area contributed by atoms with E-state index in [-0.39, 0.29) is 18.5 Å². The van der Waals surface area contributed by atoms with E-state index in [9.17, 15) is 9.59 Å². The van der Waals surface area contributed by atoms with Gasteiger partial charge in [-0.3, -0.25) is 14.5 Å². The van der Waals surface area contributed by atoms with Crippen LogP contribution in [0.25, 0.3) is 0 Å². The van der Waals surface area contributed by atoms with Gasteiger partial charge in [0.15, 0.2) is 0 Å². The van der Waals surface area contributed by atoms with Crippen LogP contribution in [0.1, 0.15) is 13.8 Å². The Labute approximate surface area is 90.3 Å². The van der Waals surface area contributed by atoms with E-state index in [1.807, 2.05) is 0 Å². The molecule has 0 aromatic heterocycles. The van der Waals surface area contributed by atoms with E-state index in [4.69, 9.17) is 0 Å². The number of methoxy groups -OCH3 is 2. The van der Waals surface area contributed by atoms with Gasteiger partial charge in [-0.15, -0.1) is 0 Å². The second-order valence-corrected chi connectivity index (χ2v) is 4.12. The fraction of sp³-hybridized carbons (Fsp3) is 0.800. The predicted molar refractivity (Wildman–Crippen MR) is 55.3 cm³/mol. The first kappa shape index (κ1) is 13.9. The molecular formula is C10H19NO4. The summed E-state index contributed by atoms with van der Waals surface area (Å²) < 4.78 is 9.19. The number of ether oxygens (including phenoxy) is 2. The summed E-state index contributed by atoms with van der Waals surface area (Å²) in [7, 11) is 4.44. The summed E-state index contributed by atoms with van der Waals surface area (Å²) in [5.74, 6) is -0.614. The fourth-order valence-electron chi connectivity index (χ4n) is 1.36. The van der Waals surface area contributed by atoms with Crippen molar-refractivity contribution in [1.29, 1.82) is 0 Å². The van der Waals surface area contributed by atoms with Crippen LogP contribution in [0.3, 0.4) is 0 Å². The van der Waals surface area contributed by atoms with E-state index in [1.165, 1.54) is 14.2 Å². The standard InChI is InChI=1S/C10H19NO4/c1-10(2,9(13)15-5)7-11(3)6-8(12)14-4/h6-7H2,1-5H3. The molecule has 5 nitrogen and oxygen atoms in total. The van der Waals surface area contributed by atoms with E-state index >= 15 is 0 Å². The molecule has 0 atom stereocenters. The van der Waals surface area contributed by atoms with Crippen molar-refractivity contribution in [2.45, 2.75) is 13.8 Å². The van der Waals surface area contributed by atoms with Gasteiger partial charge < -0.3 is 9.47 Å². The SMILES string of the molecule is COC(=O)CN(C)CC(C)(C)C(=O)OC. The van der Waals surface area contributed by atoms with Crippen molar-refractivity contribution < 1.29 is 19.1 Å². The van der Waals surface area contributed by atoms with Crippen molar-refractivity contribution >= 4 is 11.9 Å². The second-order valence-electron chi connectivity index (χ2n) is 4.12. The van der Waals surface area contributed by atoms with Crippen molar-refractivity contribution in [1.82, 2.24) is 4.90 Å². The van der Waals surface area contributed by atoms with Crippen molar-refractivity contribution in [3.63, 3.8) is 0 Å². The highest BCUT2D eigenvalue weighted by Crippen LogP contribution is 2.17. The zero-order valence-electron chi connectivity index (χ0n) is 9.99. The Morgan fingerprint density at radius 2 is 1.73 bits per heavy atom. The van der Waals surface area contributed by atoms with Gasteiger partial charge in [0.05, 0.1) is 26.2 Å². The number of hydrogen-bond donors (Lipinski definition) is 0. The highest BCUT2D eigenvalue weighted by molar-refractivity contribution is 5.76. The summed E-state index contributed by atoms with van der Waals surface area (Å²) in [6.45, 7) is 4.14. The molecular weight excluding hydrogens is 198 g/mol. The fourth-order valence-corrected chi connectivity index (χ4v) is 1.36. The molecule has 88 valence electrons. The van der Waals surface area contributed by atoms with Gasteiger partial charge in [0.2, 0.25) is 0 Å². The van der Waals surface area contributed by atoms with Gasteiger partial charge in [0.1, 0.15) is 0 Å². The smallest absolute Gasteiger partial charge is 0.319 e. The van der Waals surface area contributed by atoms with Crippen molar-refractivity contribution in [2.75, 3.05) is 34.4 Å². The molecule has 0 aromatic carbocycles. The summed E-state index contributed by atoms with van der Waals surface area (Å²) in [6.07, 6.45) is 0. The van der Waals surface area contributed by atoms with E-state index in [1.54, 1.807) is 25.8 Å². The molecule has 0 saturated carbocycles. The van der Waals surface area contributed by atoms with Gasteiger partial charge >= 0.3 is 11.9 Å². The van der Waals surface area contributed by atoms with Crippen LogP contribution < -0.4 is 0 Å². The summed E-state index contributed by atoms with van der Waals surface area (Å²) >= 11 is 0. The van der Waals surface area contributed by atoms with Crippen molar-refractivity contribution in [3.05, 3.63) is 0 Å². The van der Waals surface area contributed by atoms with Gasteiger partial charge in [0, 0.05) is 6.54 Å². The van der Waals surface area contributed by atoms with Crippen LogP contribution in [-0.4, -0.2) is 51.2 Å². The topological polar surface area (TPSA) is 55.8 Å². The minimum absolute atomic E-state index is 0.164. The molecule has 0 amide bonds. The number of nitrogens with zero attached hydrogens (tertiary/aromatic N) is 1. The van der Waals surface area contributed by atoms with E-state index in [0.717, 1.165) is 0 Å². The molecule has 0 unspecified atom stereocenters. The Kier molecular flexibility index (Phi) is 5.28. The lowest BCUT2D eigenvalue weighted by Crippen LogP contribution is -2.40. The molecule has 0 fully saturated rings. The Balaban J connectivity index is 4.21. The third kappa shape index (κ3) is 4.78. The summed E-state index contributed by atoms with van der Waals surface area (Å²) in [5, 5.41) is 0. The first-order valence-corrected chi connectivity index (χ1v) is 4.67. The molecule has 0 spiro atoms. The van der Waals surface area contributed by atoms with Crippen LogP contribution in [0.4, 0.5) is 0 Å². The minimum atomic E-state index is -0.627. The molecule has 0 N–H and O–H groups in total.